The van der Waals surface area contributed by atoms with Gasteiger partial charge in [-0.05, 0) is 54.6 Å². The maximum Gasteiger partial charge on any atom is 0.573 e. The van der Waals surface area contributed by atoms with Crippen LogP contribution in [0.2, 0.25) is 15.1 Å². The number of alkyl halides is 12. The van der Waals surface area contributed by atoms with E-state index in [9.17, 15) is 101 Å². The lowest BCUT2D eigenvalue weighted by Gasteiger charge is -2.14. The van der Waals surface area contributed by atoms with Gasteiger partial charge >= 0.3 is 54.7 Å². The second-order valence-electron chi connectivity index (χ2n) is 12.7. The van der Waals surface area contributed by atoms with Crippen molar-refractivity contribution in [3.63, 3.8) is 0 Å². The Morgan fingerprint density at radius 2 is 0.922 bits per heavy atom. The molecular formula is C39H16Cl3F14I5O16. The first-order valence-corrected chi connectivity index (χ1v) is 28.8. The van der Waals surface area contributed by atoms with Crippen LogP contribution in [-0.2, 0) is 33.9 Å². The van der Waals surface area contributed by atoms with E-state index in [0.29, 0.717) is 18.2 Å². The van der Waals surface area contributed by atoms with Crippen LogP contribution in [0.5, 0.6) is 5.75 Å². The van der Waals surface area contributed by atoms with Gasteiger partial charge in [0.2, 0.25) is 0 Å². The minimum Gasteiger partial charge on any atom is -0.478 e. The zero-order valence-electron chi connectivity index (χ0n) is 35.4. The van der Waals surface area contributed by atoms with Crippen molar-refractivity contribution in [2.75, 3.05) is 0 Å². The molecule has 0 aliphatic heterocycles. The van der Waals surface area contributed by atoms with E-state index < -0.39 is 228 Å². The summed E-state index contributed by atoms with van der Waals surface area (Å²) in [5, 5.41) is 43.2. The molecule has 0 aromatic heterocycles. The molecule has 422 valence electrons. The van der Waals surface area contributed by atoms with E-state index in [0.717, 1.165) is 30.3 Å². The van der Waals surface area contributed by atoms with E-state index in [1.54, 1.807) is 0 Å². The minimum atomic E-state index is -5.22. The van der Waals surface area contributed by atoms with E-state index in [-0.39, 0.29) is 39.9 Å². The molecule has 0 saturated heterocycles. The van der Waals surface area contributed by atoms with Crippen molar-refractivity contribution >= 4 is 171 Å². The first-order chi connectivity index (χ1) is 35.2. The summed E-state index contributed by atoms with van der Waals surface area (Å²) in [6, 6.07) is 7.49. The maximum atomic E-state index is 12.8. The van der Waals surface area contributed by atoms with Crippen molar-refractivity contribution in [3.05, 3.63) is 156 Å². The third kappa shape index (κ3) is 21.4. The average molecular weight is 1750 g/mol. The van der Waals surface area contributed by atoms with E-state index >= 15 is 0 Å². The third-order valence-electron chi connectivity index (χ3n) is 7.82. The molecule has 0 radical (unpaired) electrons. The van der Waals surface area contributed by atoms with E-state index in [4.69, 9.17) is 60.3 Å². The Kier molecular flexibility index (Phi) is 28.0. The summed E-state index contributed by atoms with van der Waals surface area (Å²) in [7, 11) is 0. The number of carbonyl (C=O) groups is 5. The van der Waals surface area contributed by atoms with Crippen molar-refractivity contribution in [2.45, 2.75) is 24.9 Å². The van der Waals surface area contributed by atoms with Crippen molar-refractivity contribution in [2.24, 2.45) is 0 Å². The van der Waals surface area contributed by atoms with Crippen LogP contribution in [0.1, 0.15) is 68.5 Å². The highest BCUT2D eigenvalue weighted by atomic mass is 127. The third-order valence-corrected chi connectivity index (χ3v) is 16.9. The molecule has 0 aliphatic carbocycles. The second kappa shape index (κ2) is 30.4. The fraction of sp³-hybridized carbons (Fsp3) is 0.103. The number of aromatic carboxylic acids is 5. The summed E-state index contributed by atoms with van der Waals surface area (Å²) in [5.41, 5.74) is -7.71. The molecule has 0 bridgehead atoms. The Morgan fingerprint density at radius 3 is 1.32 bits per heavy atom. The predicted molar refractivity (Wildman–Crippen MR) is 271 cm³/mol. The highest BCUT2D eigenvalue weighted by molar-refractivity contribution is 14.2. The quantitative estimate of drug-likeness (QED) is 0.0467. The van der Waals surface area contributed by atoms with E-state index in [1.807, 2.05) is 0 Å². The molecule has 5 aromatic carbocycles. The lowest BCUT2D eigenvalue weighted by molar-refractivity contribution is -0.275. The van der Waals surface area contributed by atoms with Crippen LogP contribution in [0, 0.1) is 29.5 Å². The number of ether oxygens (including phenoxy) is 1. The monoisotopic (exact) mass is 1750 g/mol. The Hall–Kier alpha value is -4.21. The summed E-state index contributed by atoms with van der Waals surface area (Å²) in [6.07, 6.45) is -19.9. The molecule has 5 N–H and O–H groups in total. The lowest BCUT2D eigenvalue weighted by Crippen LogP contribution is -2.18. The molecule has 16 nitrogen and oxygen atoms in total. The van der Waals surface area contributed by atoms with E-state index in [2.05, 4.69) is 4.74 Å². The van der Waals surface area contributed by atoms with Gasteiger partial charge in [-0.15, -0.1) is 13.2 Å². The van der Waals surface area contributed by atoms with Crippen molar-refractivity contribution in [1.82, 2.24) is 0 Å². The smallest absolute Gasteiger partial charge is 0.478 e. The fourth-order valence-electron chi connectivity index (χ4n) is 4.75. The molecule has 0 spiro atoms. The van der Waals surface area contributed by atoms with Gasteiger partial charge < -0.3 is 30.3 Å². The summed E-state index contributed by atoms with van der Waals surface area (Å²) >= 11 is 6.82. The van der Waals surface area contributed by atoms with Gasteiger partial charge in [0.05, 0.1) is 73.9 Å². The van der Waals surface area contributed by atoms with Crippen LogP contribution in [0.15, 0.2) is 66.7 Å². The van der Waals surface area contributed by atoms with Crippen LogP contribution in [-0.4, -0.2) is 61.7 Å². The lowest BCUT2D eigenvalue weighted by atomic mass is 10.0. The molecule has 0 heterocycles. The van der Waals surface area contributed by atoms with Gasteiger partial charge in [0, 0.05) is 6.07 Å². The highest BCUT2D eigenvalue weighted by Crippen LogP contribution is 2.41. The molecule has 5 aromatic rings. The molecule has 38 heteroatoms. The summed E-state index contributed by atoms with van der Waals surface area (Å²) in [4.78, 5) is 53.1. The maximum absolute atomic E-state index is 12.8. The number of carboxylic acid groups (broad SMARTS) is 5. The molecular weight excluding hydrogens is 1730 g/mol. The van der Waals surface area contributed by atoms with Crippen molar-refractivity contribution in [3.8, 4) is 5.75 Å². The number of carboxylic acids is 5. The largest absolute Gasteiger partial charge is 0.573 e. The van der Waals surface area contributed by atoms with Crippen LogP contribution in [0.25, 0.3) is 0 Å². The van der Waals surface area contributed by atoms with E-state index in [1.165, 1.54) is 6.07 Å². The molecule has 77 heavy (non-hydrogen) atoms. The highest BCUT2D eigenvalue weighted by Gasteiger charge is 2.41. The minimum absolute atomic E-state index is 0.0373. The van der Waals surface area contributed by atoms with Gasteiger partial charge in [-0.1, -0.05) is 40.9 Å². The summed E-state index contributed by atoms with van der Waals surface area (Å²) in [6.45, 7) is 0. The van der Waals surface area contributed by atoms with Gasteiger partial charge in [-0.3, -0.25) is 15.3 Å². The number of hydrogen-bond acceptors (Lipinski definition) is 11. The van der Waals surface area contributed by atoms with Gasteiger partial charge in [0.15, 0.2) is 106 Å². The number of benzene rings is 5. The topological polar surface area (TPSA) is 281 Å². The van der Waals surface area contributed by atoms with Crippen molar-refractivity contribution < 1.29 is 131 Å². The van der Waals surface area contributed by atoms with Crippen LogP contribution in [0.3, 0.4) is 0 Å². The standard InChI is InChI=1S/C9H3F6IO3.C8H4F3IO4.C8H4F3IO3.C7H2Cl3IO3.C7H3F2IO3/c10-8(11,12)3-1-4(7(17)18)6(16-19)5(2-3)9(13,14)15;9-8(10,11)16-5-3-1-2-4(7(13)14)6(5)12-15;9-8(10,11)4-1-2-6(12-15)5(3-4)7(13)14;8-2-1-3(9)6(11-14)4(5(2)10)7(12)13;8-3-1-4(7(11)12)6(10-13)5(9)2-3/h1-2H,(H,17,18);1-3H,(H,13,14);1-3H,(H,13,14);1H,(H,12,13);1-2H,(H,11,12). The SMILES string of the molecule is O=Ic1c(C(=O)O)cc(C(F)(F)F)cc1C(F)(F)F.O=Ic1c(Cl)cc(Cl)c(Cl)c1C(=O)O.O=Ic1c(F)cc(F)cc1C(=O)O.O=Ic1c(OC(F)(F)F)cccc1C(=O)O.O=Ic1ccc(C(F)(F)F)cc1C(=O)O. The number of halogens is 22. The summed E-state index contributed by atoms with van der Waals surface area (Å²) < 4.78 is 228. The zero-order chi connectivity index (χ0) is 59.9. The molecule has 0 amide bonds. The van der Waals surface area contributed by atoms with Gasteiger partial charge in [-0.25, -0.2) is 32.8 Å². The van der Waals surface area contributed by atoms with Crippen LogP contribution >= 0.6 is 141 Å². The van der Waals surface area contributed by atoms with Crippen LogP contribution in [0.4, 0.5) is 61.5 Å². The zero-order valence-corrected chi connectivity index (χ0v) is 48.4. The second-order valence-corrected chi connectivity index (χ2v) is 21.6. The Balaban J connectivity index is 0.000000484. The number of hydrogen-bond donors (Lipinski definition) is 5. The van der Waals surface area contributed by atoms with Gasteiger partial charge in [-0.2, -0.15) is 39.5 Å². The Bertz CT molecular complexity index is 3140. The Labute approximate surface area is 483 Å². The predicted octanol–water partition coefficient (Wildman–Crippen LogP) is 15.5. The van der Waals surface area contributed by atoms with Crippen molar-refractivity contribution in [1.29, 1.82) is 0 Å². The molecule has 0 saturated carbocycles. The summed E-state index contributed by atoms with van der Waals surface area (Å²) in [5.74, 6) is -10.5. The Morgan fingerprint density at radius 1 is 0.455 bits per heavy atom. The molecule has 0 unspecified atom stereocenters. The van der Waals surface area contributed by atoms with Gasteiger partial charge in [0.1, 0.15) is 21.0 Å². The van der Waals surface area contributed by atoms with Gasteiger partial charge in [0.25, 0.3) is 0 Å². The molecule has 0 fully saturated rings. The normalized spacial score (nSPS) is 11.2. The average Bonchev–Trinajstić information content (AvgIpc) is 3.30. The molecule has 0 aliphatic rings. The number of rotatable bonds is 11. The van der Waals surface area contributed by atoms with Crippen LogP contribution < -0.4 is 4.74 Å². The molecule has 5 rings (SSSR count). The first-order valence-electron chi connectivity index (χ1n) is 17.8. The first kappa shape index (κ1) is 70.8. The molecule has 0 atom stereocenters. The fourth-order valence-corrected chi connectivity index (χ4v) is 11.3.